The molecule has 0 aromatic rings. The molecule has 25 heteroatoms. The molecule has 0 aliphatic carbocycles. The van der Waals surface area contributed by atoms with E-state index in [9.17, 15) is 48.3 Å². The van der Waals surface area contributed by atoms with Gasteiger partial charge in [-0.25, -0.2) is 10.3 Å². The molecule has 17 N–H and O–H groups in total. The SMILES string of the molecule is CC(C)CC(CC(=O)NO)C(=O)N[C@@H](CCCN=C(N)N)C(=O)N[C@H](C(=O)NCC(=O)NCC(=O)N[C@@H](CCCCNC(=O)CCCC[C@@H]1SC[C@@H]2NC(=O)N[C@@H]21)C(N)=O)[C@@H](C)O. The summed E-state index contributed by atoms with van der Waals surface area (Å²) in [7, 11) is 0. The summed E-state index contributed by atoms with van der Waals surface area (Å²) in [6.07, 6.45) is 2.56. The number of aliphatic hydroxyl groups is 1. The zero-order valence-corrected chi connectivity index (χ0v) is 37.0. The molecule has 356 valence electrons. The largest absolute Gasteiger partial charge is 0.391 e. The number of fused-ring (bicyclic) bond motifs is 1. The van der Waals surface area contributed by atoms with Gasteiger partial charge in [-0.1, -0.05) is 20.3 Å². The molecule has 0 saturated carbocycles. The molecule has 2 rings (SSSR count). The number of nitrogens with zero attached hydrogens (tertiary/aromatic N) is 1. The van der Waals surface area contributed by atoms with Crippen LogP contribution in [0.1, 0.15) is 91.4 Å². The van der Waals surface area contributed by atoms with Gasteiger partial charge in [0.05, 0.1) is 31.3 Å². The van der Waals surface area contributed by atoms with Crippen molar-refractivity contribution in [3.05, 3.63) is 0 Å². The number of nitrogens with two attached hydrogens (primary N) is 3. The number of aliphatic imine (C=N–C) groups is 1. The van der Waals surface area contributed by atoms with Gasteiger partial charge in [0.25, 0.3) is 0 Å². The van der Waals surface area contributed by atoms with Crippen LogP contribution < -0.4 is 65.2 Å². The number of hydrogen-bond donors (Lipinski definition) is 14. The zero-order valence-electron chi connectivity index (χ0n) is 36.2. The molecule has 0 radical (unpaired) electrons. The number of aliphatic hydroxyl groups excluding tert-OH is 1. The fraction of sp³-hybridized carbons (Fsp3) is 0.737. The minimum Gasteiger partial charge on any atom is -0.391 e. The van der Waals surface area contributed by atoms with Crippen molar-refractivity contribution in [3.63, 3.8) is 0 Å². The Morgan fingerprint density at radius 2 is 1.48 bits per heavy atom. The highest BCUT2D eigenvalue weighted by Crippen LogP contribution is 2.33. The third-order valence-electron chi connectivity index (χ3n) is 10.2. The van der Waals surface area contributed by atoms with Gasteiger partial charge in [-0.2, -0.15) is 11.8 Å². The van der Waals surface area contributed by atoms with Crippen molar-refractivity contribution < 1.29 is 53.5 Å². The molecule has 2 heterocycles. The fourth-order valence-corrected chi connectivity index (χ4v) is 8.50. The third-order valence-corrected chi connectivity index (χ3v) is 11.7. The number of carbonyl (C=O) groups excluding carboxylic acids is 9. The lowest BCUT2D eigenvalue weighted by Gasteiger charge is -2.26. The number of rotatable bonds is 30. The van der Waals surface area contributed by atoms with E-state index in [0.717, 1.165) is 18.6 Å². The maximum absolute atomic E-state index is 13.4. The molecule has 2 aliphatic heterocycles. The molecular formula is C38H67N13O11S. The first-order valence-electron chi connectivity index (χ1n) is 21.2. The summed E-state index contributed by atoms with van der Waals surface area (Å²) in [5, 5.41) is 40.3. The molecule has 2 saturated heterocycles. The zero-order chi connectivity index (χ0) is 47.1. The molecule has 0 aromatic carbocycles. The lowest BCUT2D eigenvalue weighted by molar-refractivity contribution is -0.137. The molecule has 0 spiro atoms. The maximum Gasteiger partial charge on any atom is 0.315 e. The first-order valence-corrected chi connectivity index (χ1v) is 22.2. The number of hydroxylamine groups is 1. The maximum atomic E-state index is 13.4. The highest BCUT2D eigenvalue weighted by atomic mass is 32.2. The Kier molecular flexibility index (Phi) is 24.1. The first-order chi connectivity index (χ1) is 29.8. The minimum absolute atomic E-state index is 0.0207. The molecule has 8 atom stereocenters. The highest BCUT2D eigenvalue weighted by Gasteiger charge is 2.42. The predicted octanol–water partition coefficient (Wildman–Crippen LogP) is -3.84. The van der Waals surface area contributed by atoms with Gasteiger partial charge in [-0.05, 0) is 64.2 Å². The number of hydrogen-bond acceptors (Lipinski definition) is 13. The van der Waals surface area contributed by atoms with Gasteiger partial charge in [-0.3, -0.25) is 48.6 Å². The number of guanidine groups is 1. The predicted molar refractivity (Wildman–Crippen MR) is 231 cm³/mol. The summed E-state index contributed by atoms with van der Waals surface area (Å²) in [6.45, 7) is 4.06. The van der Waals surface area contributed by atoms with Crippen LogP contribution in [0.2, 0.25) is 0 Å². The molecule has 0 aromatic heterocycles. The van der Waals surface area contributed by atoms with Gasteiger partial charge in [0.1, 0.15) is 18.1 Å². The molecule has 24 nitrogen and oxygen atoms in total. The summed E-state index contributed by atoms with van der Waals surface area (Å²) in [4.78, 5) is 116. The Morgan fingerprint density at radius 1 is 0.778 bits per heavy atom. The van der Waals surface area contributed by atoms with Gasteiger partial charge in [0.2, 0.25) is 47.3 Å². The Hall–Kier alpha value is -5.43. The number of nitrogens with one attached hydrogen (secondary N) is 9. The Balaban J connectivity index is 1.78. The topological polar surface area (TPSA) is 393 Å². The molecule has 10 amide bonds. The van der Waals surface area contributed by atoms with Crippen molar-refractivity contribution >= 4 is 71.0 Å². The van der Waals surface area contributed by atoms with Gasteiger partial charge < -0.3 is 64.8 Å². The van der Waals surface area contributed by atoms with Gasteiger partial charge in [0, 0.05) is 42.9 Å². The van der Waals surface area contributed by atoms with Crippen molar-refractivity contribution in [2.24, 2.45) is 34.0 Å². The fourth-order valence-electron chi connectivity index (χ4n) is 6.96. The van der Waals surface area contributed by atoms with Crippen molar-refractivity contribution in [2.45, 2.75) is 133 Å². The molecule has 63 heavy (non-hydrogen) atoms. The molecule has 2 aliphatic rings. The van der Waals surface area contributed by atoms with Crippen LogP contribution in [0.25, 0.3) is 0 Å². The average molecular weight is 914 g/mol. The second-order valence-electron chi connectivity index (χ2n) is 16.0. The van der Waals surface area contributed by atoms with Crippen molar-refractivity contribution in [1.82, 2.24) is 48.0 Å². The van der Waals surface area contributed by atoms with Crippen LogP contribution in [0.15, 0.2) is 4.99 Å². The van der Waals surface area contributed by atoms with Crippen molar-refractivity contribution in [1.29, 1.82) is 0 Å². The van der Waals surface area contributed by atoms with E-state index in [2.05, 4.69) is 47.5 Å². The smallest absolute Gasteiger partial charge is 0.315 e. The Bertz CT molecular complexity index is 1620. The summed E-state index contributed by atoms with van der Waals surface area (Å²) in [5.74, 6) is -6.05. The average Bonchev–Trinajstić information content (AvgIpc) is 3.78. The van der Waals surface area contributed by atoms with Crippen LogP contribution in [-0.2, 0) is 38.4 Å². The second kappa shape index (κ2) is 28.3. The number of amides is 10. The molecular weight excluding hydrogens is 847 g/mol. The molecule has 1 unspecified atom stereocenters. The summed E-state index contributed by atoms with van der Waals surface area (Å²) < 4.78 is 0. The van der Waals surface area contributed by atoms with Gasteiger partial charge in [-0.15, -0.1) is 0 Å². The van der Waals surface area contributed by atoms with Crippen LogP contribution in [0, 0.1) is 11.8 Å². The quantitative estimate of drug-likeness (QED) is 0.00820. The lowest BCUT2D eigenvalue weighted by Crippen LogP contribution is -2.58. The number of carbonyl (C=O) groups is 9. The van der Waals surface area contributed by atoms with E-state index < -0.39 is 84.6 Å². The standard InChI is InChI=1S/C38H67N13O11S/c1-20(2)15-22(16-28(54)51-62)34(58)47-24(10-8-14-43-37(40)41)35(59)49-31(21(3)52)36(60)45-17-29(55)44-18-30(56)46-23(33(39)57)9-6-7-13-42-27(53)12-5-4-11-26-32-25(19-63-26)48-38(61)50-32/h20-26,31-32,52,62H,4-19H2,1-3H3,(H2,39,57)(H,42,53)(H,44,55)(H,45,60)(H,46,56)(H,47,58)(H,49,59)(H,51,54)(H4,40,41,43)(H2,48,50,61)/t21-,22?,23+,24+,25+,26+,31+,32+/m1/s1. The van der Waals surface area contributed by atoms with E-state index in [1.54, 1.807) is 0 Å². The lowest BCUT2D eigenvalue weighted by atomic mass is 9.92. The molecule has 2 fully saturated rings. The number of urea groups is 1. The normalized spacial score (nSPS) is 18.8. The van der Waals surface area contributed by atoms with Crippen molar-refractivity contribution in [3.8, 4) is 0 Å². The Labute approximate surface area is 370 Å². The van der Waals surface area contributed by atoms with Gasteiger partial charge >= 0.3 is 6.03 Å². The van der Waals surface area contributed by atoms with Crippen LogP contribution in [0.4, 0.5) is 4.79 Å². The second-order valence-corrected chi connectivity index (χ2v) is 17.3. The van der Waals surface area contributed by atoms with E-state index >= 15 is 0 Å². The highest BCUT2D eigenvalue weighted by molar-refractivity contribution is 8.00. The van der Waals surface area contributed by atoms with E-state index in [0.29, 0.717) is 37.5 Å². The summed E-state index contributed by atoms with van der Waals surface area (Å²) >= 11 is 1.83. The van der Waals surface area contributed by atoms with E-state index in [1.165, 1.54) is 12.4 Å². The number of unbranched alkanes of at least 4 members (excludes halogenated alkanes) is 2. The minimum atomic E-state index is -1.60. The van der Waals surface area contributed by atoms with Crippen LogP contribution in [0.3, 0.4) is 0 Å². The first kappa shape index (κ1) is 53.7. The van der Waals surface area contributed by atoms with Crippen LogP contribution in [-0.4, -0.2) is 143 Å². The van der Waals surface area contributed by atoms with Crippen LogP contribution >= 0.6 is 11.8 Å². The molecule has 0 bridgehead atoms. The Morgan fingerprint density at radius 3 is 2.13 bits per heavy atom. The number of thioether (sulfide) groups is 1. The van der Waals surface area contributed by atoms with E-state index in [1.807, 2.05) is 25.6 Å². The monoisotopic (exact) mass is 913 g/mol. The third kappa shape index (κ3) is 21.0. The number of primary amides is 1. The van der Waals surface area contributed by atoms with E-state index in [4.69, 9.17) is 22.4 Å². The van der Waals surface area contributed by atoms with Gasteiger partial charge in [0.15, 0.2) is 5.96 Å². The van der Waals surface area contributed by atoms with E-state index in [-0.39, 0.29) is 74.5 Å². The van der Waals surface area contributed by atoms with Crippen molar-refractivity contribution in [2.75, 3.05) is 31.9 Å². The van der Waals surface area contributed by atoms with Crippen LogP contribution in [0.5, 0.6) is 0 Å². The summed E-state index contributed by atoms with van der Waals surface area (Å²) in [6, 6.07) is -3.77. The summed E-state index contributed by atoms with van der Waals surface area (Å²) in [5.41, 5.74) is 17.7.